The van der Waals surface area contributed by atoms with Crippen LogP contribution < -0.4 is 14.4 Å². The van der Waals surface area contributed by atoms with E-state index in [1.54, 1.807) is 9.80 Å². The van der Waals surface area contributed by atoms with Crippen molar-refractivity contribution in [2.24, 2.45) is 11.3 Å². The molecule has 11 nitrogen and oxygen atoms in total. The number of piperidine rings is 1. The second-order valence-electron chi connectivity index (χ2n) is 19.8. The van der Waals surface area contributed by atoms with Gasteiger partial charge in [0.05, 0.1) is 6.54 Å². The maximum atomic E-state index is 14.9. The lowest BCUT2D eigenvalue weighted by atomic mass is 9.68. The molecule has 12 heteroatoms. The van der Waals surface area contributed by atoms with Crippen LogP contribution in [0.15, 0.2) is 36.4 Å². The van der Waals surface area contributed by atoms with E-state index in [2.05, 4.69) is 31.7 Å². The van der Waals surface area contributed by atoms with Crippen LogP contribution in [0.1, 0.15) is 129 Å². The molecule has 4 aliphatic rings. The zero-order chi connectivity index (χ0) is 42.0. The van der Waals surface area contributed by atoms with E-state index in [0.29, 0.717) is 82.4 Å². The number of carbonyl (C=O) groups excluding carboxylic acids is 3. The molecule has 0 radical (unpaired) electrons. The molecule has 58 heavy (non-hydrogen) atoms. The fourth-order valence-electron chi connectivity index (χ4n) is 8.70. The Morgan fingerprint density at radius 2 is 1.21 bits per heavy atom. The second-order valence-corrected chi connectivity index (χ2v) is 19.8. The number of amides is 3. The summed E-state index contributed by atoms with van der Waals surface area (Å²) in [6.45, 7) is 22.3. The van der Waals surface area contributed by atoms with Crippen molar-refractivity contribution in [3.05, 3.63) is 53.3 Å². The van der Waals surface area contributed by atoms with E-state index in [9.17, 15) is 18.8 Å². The monoisotopic (exact) mass is 806 g/mol. The highest BCUT2D eigenvalue weighted by Crippen LogP contribution is 2.46. The first-order chi connectivity index (χ1) is 27.2. The summed E-state index contributed by atoms with van der Waals surface area (Å²) < 4.78 is 39.0. The fourth-order valence-corrected chi connectivity index (χ4v) is 8.70. The van der Waals surface area contributed by atoms with Gasteiger partial charge in [0.15, 0.2) is 0 Å². The van der Waals surface area contributed by atoms with E-state index in [1.807, 2.05) is 64.6 Å². The zero-order valence-electron chi connectivity index (χ0n) is 36.4. The summed E-state index contributed by atoms with van der Waals surface area (Å²) in [6.07, 6.45) is 5.37. The first-order valence-corrected chi connectivity index (χ1v) is 21.5. The predicted molar refractivity (Wildman–Crippen MR) is 223 cm³/mol. The van der Waals surface area contributed by atoms with Crippen LogP contribution >= 0.6 is 0 Å². The number of benzene rings is 2. The van der Waals surface area contributed by atoms with Crippen molar-refractivity contribution in [3.63, 3.8) is 0 Å². The van der Waals surface area contributed by atoms with Gasteiger partial charge < -0.3 is 38.5 Å². The minimum absolute atomic E-state index is 0.00911. The van der Waals surface area contributed by atoms with Gasteiger partial charge in [0.1, 0.15) is 40.7 Å². The van der Waals surface area contributed by atoms with E-state index in [-0.39, 0.29) is 47.5 Å². The average Bonchev–Trinajstić information content (AvgIpc) is 3.62. The number of halogens is 1. The molecule has 2 aromatic carbocycles. The summed E-state index contributed by atoms with van der Waals surface area (Å²) in [5.74, 6) is 1.82. The molecule has 3 aliphatic heterocycles. The molecule has 0 spiro atoms. The molecule has 0 unspecified atom stereocenters. The lowest BCUT2D eigenvalue weighted by Crippen LogP contribution is -2.50. The lowest BCUT2D eigenvalue weighted by Gasteiger charge is -2.37. The molecule has 1 saturated carbocycles. The van der Waals surface area contributed by atoms with Crippen LogP contribution in [0, 0.1) is 17.2 Å². The minimum atomic E-state index is -0.561. The third kappa shape index (κ3) is 11.5. The fraction of sp³-hybridized carbons (Fsp3) is 0.674. The van der Waals surface area contributed by atoms with E-state index >= 15 is 0 Å². The molecule has 3 heterocycles. The molecule has 320 valence electrons. The molecule has 1 atom stereocenters. The first kappa shape index (κ1) is 43.4. The van der Waals surface area contributed by atoms with Crippen molar-refractivity contribution >= 4 is 23.8 Å². The molecular weight excluding hydrogens is 740 g/mol. The van der Waals surface area contributed by atoms with Gasteiger partial charge in [0.2, 0.25) is 0 Å². The molecule has 1 aliphatic carbocycles. The highest BCUT2D eigenvalue weighted by atomic mass is 19.1. The first-order valence-electron chi connectivity index (χ1n) is 21.5. The molecular formula is C46H67FN4O7. The van der Waals surface area contributed by atoms with Crippen molar-refractivity contribution in [1.82, 2.24) is 14.7 Å². The minimum Gasteiger partial charge on any atom is -0.490 e. The molecule has 3 amide bonds. The number of carbonyl (C=O) groups is 3. The Labute approximate surface area is 345 Å². The topological polar surface area (TPSA) is 101 Å². The number of hydrogen-bond acceptors (Lipinski definition) is 8. The maximum absolute atomic E-state index is 14.9. The van der Waals surface area contributed by atoms with Crippen LogP contribution in [-0.4, -0.2) is 109 Å². The van der Waals surface area contributed by atoms with Crippen molar-refractivity contribution in [1.29, 1.82) is 0 Å². The Morgan fingerprint density at radius 3 is 1.81 bits per heavy atom. The number of rotatable bonds is 7. The van der Waals surface area contributed by atoms with Crippen molar-refractivity contribution in [2.75, 3.05) is 57.3 Å². The number of nitrogens with zero attached hydrogens (tertiary/aromatic N) is 4. The maximum Gasteiger partial charge on any atom is 0.410 e. The second kappa shape index (κ2) is 17.6. The normalized spacial score (nSPS) is 22.5. The van der Waals surface area contributed by atoms with Gasteiger partial charge in [0.25, 0.3) is 5.91 Å². The third-order valence-electron chi connectivity index (χ3n) is 11.9. The Balaban J connectivity index is 1.07. The van der Waals surface area contributed by atoms with E-state index in [4.69, 9.17) is 18.9 Å². The molecule has 2 aromatic rings. The van der Waals surface area contributed by atoms with Gasteiger partial charge in [-0.25, -0.2) is 14.0 Å². The van der Waals surface area contributed by atoms with E-state index < -0.39 is 11.2 Å². The Kier molecular flexibility index (Phi) is 13.1. The van der Waals surface area contributed by atoms with Gasteiger partial charge >= 0.3 is 12.2 Å². The molecule has 6 rings (SSSR count). The SMILES string of the molecule is CC(C)(C)OC(=O)N1CCN(c2cc(F)cc(OC3CCN(C(=O)c4ccc(O[C@H]5CCN(C(=O)OC(C)(C)C)C5)c([C@H]5CC[C@H](C(C)(C)C)CC5)c4)CC3)c2)CC1. The van der Waals surface area contributed by atoms with Gasteiger partial charge in [-0.3, -0.25) is 4.79 Å². The van der Waals surface area contributed by atoms with E-state index in [0.717, 1.165) is 49.1 Å². The van der Waals surface area contributed by atoms with Gasteiger partial charge in [-0.05, 0) is 114 Å². The van der Waals surface area contributed by atoms with Crippen LogP contribution in [0.4, 0.5) is 19.7 Å². The molecule has 0 aromatic heterocycles. The van der Waals surface area contributed by atoms with Crippen molar-refractivity contribution in [2.45, 2.75) is 137 Å². The van der Waals surface area contributed by atoms with Crippen LogP contribution in [0.5, 0.6) is 11.5 Å². The Hall–Kier alpha value is -4.22. The lowest BCUT2D eigenvalue weighted by molar-refractivity contribution is 0.0237. The van der Waals surface area contributed by atoms with Crippen molar-refractivity contribution in [3.8, 4) is 11.5 Å². The quantitative estimate of drug-likeness (QED) is 0.273. The smallest absolute Gasteiger partial charge is 0.410 e. The summed E-state index contributed by atoms with van der Waals surface area (Å²) in [5.41, 5.74) is 1.59. The molecule has 4 fully saturated rings. The molecule has 3 saturated heterocycles. The molecule has 0 bridgehead atoms. The Bertz CT molecular complexity index is 1760. The number of hydrogen-bond donors (Lipinski definition) is 0. The number of ether oxygens (including phenoxy) is 4. The highest BCUT2D eigenvalue weighted by Gasteiger charge is 2.35. The largest absolute Gasteiger partial charge is 0.490 e. The van der Waals surface area contributed by atoms with Gasteiger partial charge in [-0.2, -0.15) is 0 Å². The number of anilines is 1. The summed E-state index contributed by atoms with van der Waals surface area (Å²) in [7, 11) is 0. The summed E-state index contributed by atoms with van der Waals surface area (Å²) >= 11 is 0. The summed E-state index contributed by atoms with van der Waals surface area (Å²) in [6, 6.07) is 10.7. The van der Waals surface area contributed by atoms with Crippen LogP contribution in [0.3, 0.4) is 0 Å². The highest BCUT2D eigenvalue weighted by molar-refractivity contribution is 5.94. The van der Waals surface area contributed by atoms with Gasteiger partial charge in [-0.15, -0.1) is 0 Å². The Morgan fingerprint density at radius 1 is 0.621 bits per heavy atom. The number of likely N-dealkylation sites (tertiary alicyclic amines) is 2. The van der Waals surface area contributed by atoms with Gasteiger partial charge in [0, 0.05) is 88.5 Å². The van der Waals surface area contributed by atoms with Crippen LogP contribution in [0.2, 0.25) is 0 Å². The zero-order valence-corrected chi connectivity index (χ0v) is 36.4. The third-order valence-corrected chi connectivity index (χ3v) is 11.9. The summed E-state index contributed by atoms with van der Waals surface area (Å²) in [5, 5.41) is 0. The van der Waals surface area contributed by atoms with Crippen molar-refractivity contribution < 1.29 is 37.7 Å². The van der Waals surface area contributed by atoms with Crippen LogP contribution in [0.25, 0.3) is 0 Å². The van der Waals surface area contributed by atoms with Crippen LogP contribution in [-0.2, 0) is 9.47 Å². The molecule has 0 N–H and O–H groups in total. The number of piperazine rings is 1. The average molecular weight is 807 g/mol. The predicted octanol–water partition coefficient (Wildman–Crippen LogP) is 9.27. The summed E-state index contributed by atoms with van der Waals surface area (Å²) in [4.78, 5) is 46.8. The van der Waals surface area contributed by atoms with Gasteiger partial charge in [-0.1, -0.05) is 20.8 Å². The standard InChI is InChI=1S/C46H67FN4O7/c1-44(2,3)33-13-10-31(11-14-33)39-26-32(12-15-40(39)56-37-18-21-51(30-37)43(54)58-46(7,8)9)41(52)49-19-16-36(17-20-49)55-38-28-34(47)27-35(29-38)48-22-24-50(25-23-48)42(53)57-45(4,5)6/h12,15,26-29,31,33,36-37H,10-11,13-14,16-25,30H2,1-9H3/t31-,33-,37-/m0/s1. The van der Waals surface area contributed by atoms with E-state index in [1.165, 1.54) is 12.1 Å².